The van der Waals surface area contributed by atoms with E-state index in [1.165, 1.54) is 0 Å². The number of aliphatic hydroxyl groups excluding tert-OH is 1. The van der Waals surface area contributed by atoms with Gasteiger partial charge < -0.3 is 15.6 Å². The van der Waals surface area contributed by atoms with Crippen molar-refractivity contribution in [3.63, 3.8) is 0 Å². The SMILES string of the molecule is N[C@@H](CO)C(=O)Oc1c(F)c(F)c(F)c(F)c1F. The zero-order valence-corrected chi connectivity index (χ0v) is 8.52. The van der Waals surface area contributed by atoms with Crippen LogP contribution in [0.1, 0.15) is 0 Å². The molecular weight excluding hydrogens is 265 g/mol. The van der Waals surface area contributed by atoms with Gasteiger partial charge in [-0.25, -0.2) is 18.0 Å². The molecule has 1 atom stereocenters. The fourth-order valence-corrected chi connectivity index (χ4v) is 0.925. The number of hydrogen-bond donors (Lipinski definition) is 2. The van der Waals surface area contributed by atoms with Crippen molar-refractivity contribution in [3.8, 4) is 5.75 Å². The van der Waals surface area contributed by atoms with E-state index in [0.29, 0.717) is 0 Å². The molecule has 0 unspecified atom stereocenters. The van der Waals surface area contributed by atoms with Crippen LogP contribution in [0.5, 0.6) is 5.75 Å². The number of benzene rings is 1. The predicted molar refractivity (Wildman–Crippen MR) is 46.9 cm³/mol. The lowest BCUT2D eigenvalue weighted by Gasteiger charge is -2.11. The summed E-state index contributed by atoms with van der Waals surface area (Å²) in [6, 6.07) is -1.67. The molecule has 1 rings (SSSR count). The minimum absolute atomic E-state index is 0.922. The monoisotopic (exact) mass is 271 g/mol. The molecule has 18 heavy (non-hydrogen) atoms. The van der Waals surface area contributed by atoms with Crippen molar-refractivity contribution in [1.29, 1.82) is 0 Å². The zero-order chi connectivity index (χ0) is 14.0. The fourth-order valence-electron chi connectivity index (χ4n) is 0.925. The molecule has 0 aliphatic rings. The highest BCUT2D eigenvalue weighted by molar-refractivity contribution is 5.78. The van der Waals surface area contributed by atoms with Crippen LogP contribution in [0.2, 0.25) is 0 Å². The van der Waals surface area contributed by atoms with Crippen molar-refractivity contribution < 1.29 is 36.6 Å². The Morgan fingerprint density at radius 3 is 1.83 bits per heavy atom. The van der Waals surface area contributed by atoms with E-state index in [-0.39, 0.29) is 0 Å². The zero-order valence-electron chi connectivity index (χ0n) is 8.52. The van der Waals surface area contributed by atoms with Gasteiger partial charge in [0, 0.05) is 0 Å². The third kappa shape index (κ3) is 2.41. The molecule has 1 aromatic rings. The van der Waals surface area contributed by atoms with Gasteiger partial charge in [0.05, 0.1) is 6.61 Å². The second-order valence-electron chi connectivity index (χ2n) is 3.11. The number of halogens is 5. The highest BCUT2D eigenvalue weighted by atomic mass is 19.2. The van der Waals surface area contributed by atoms with Gasteiger partial charge in [-0.15, -0.1) is 0 Å². The smallest absolute Gasteiger partial charge is 0.330 e. The standard InChI is InChI=1S/C9H6F5NO3/c10-3-4(11)6(13)8(7(14)5(3)12)18-9(17)2(15)1-16/h2,16H,1,15H2/t2-/m0/s1. The number of rotatable bonds is 3. The Labute approximate surface area is 96.8 Å². The first-order valence-electron chi connectivity index (χ1n) is 4.40. The Morgan fingerprint density at radius 1 is 1.06 bits per heavy atom. The van der Waals surface area contributed by atoms with Crippen LogP contribution < -0.4 is 10.5 Å². The van der Waals surface area contributed by atoms with Crippen LogP contribution in [0.25, 0.3) is 0 Å². The van der Waals surface area contributed by atoms with Gasteiger partial charge >= 0.3 is 5.97 Å². The van der Waals surface area contributed by atoms with Crippen LogP contribution in [0.3, 0.4) is 0 Å². The molecule has 0 saturated heterocycles. The van der Waals surface area contributed by atoms with Crippen LogP contribution in [-0.4, -0.2) is 23.7 Å². The van der Waals surface area contributed by atoms with Crippen molar-refractivity contribution in [3.05, 3.63) is 29.1 Å². The first-order chi connectivity index (χ1) is 8.31. The Kier molecular flexibility index (Phi) is 4.19. The Morgan fingerprint density at radius 2 is 1.44 bits per heavy atom. The van der Waals surface area contributed by atoms with E-state index in [0.717, 1.165) is 0 Å². The molecule has 0 aromatic heterocycles. The van der Waals surface area contributed by atoms with E-state index < -0.39 is 53.5 Å². The van der Waals surface area contributed by atoms with E-state index >= 15 is 0 Å². The van der Waals surface area contributed by atoms with E-state index in [4.69, 9.17) is 10.8 Å². The van der Waals surface area contributed by atoms with Crippen LogP contribution in [-0.2, 0) is 4.79 Å². The minimum Gasteiger partial charge on any atom is -0.419 e. The summed E-state index contributed by atoms with van der Waals surface area (Å²) in [6.07, 6.45) is 0. The lowest BCUT2D eigenvalue weighted by molar-refractivity contribution is -0.137. The van der Waals surface area contributed by atoms with Crippen LogP contribution in [0.15, 0.2) is 0 Å². The second-order valence-corrected chi connectivity index (χ2v) is 3.11. The van der Waals surface area contributed by atoms with Crippen molar-refractivity contribution >= 4 is 5.97 Å². The third-order valence-electron chi connectivity index (χ3n) is 1.87. The largest absolute Gasteiger partial charge is 0.419 e. The van der Waals surface area contributed by atoms with Gasteiger partial charge in [0.15, 0.2) is 0 Å². The van der Waals surface area contributed by atoms with E-state index in [2.05, 4.69) is 4.74 Å². The van der Waals surface area contributed by atoms with Gasteiger partial charge in [0.1, 0.15) is 6.04 Å². The van der Waals surface area contributed by atoms with Gasteiger partial charge in [-0.2, -0.15) is 8.78 Å². The molecular formula is C9H6F5NO3. The highest BCUT2D eigenvalue weighted by Crippen LogP contribution is 2.29. The number of aliphatic hydroxyl groups is 1. The quantitative estimate of drug-likeness (QED) is 0.278. The number of nitrogens with two attached hydrogens (primary N) is 1. The van der Waals surface area contributed by atoms with Crippen molar-refractivity contribution in [2.24, 2.45) is 5.73 Å². The van der Waals surface area contributed by atoms with Gasteiger partial charge in [0.2, 0.25) is 34.8 Å². The summed E-state index contributed by atoms with van der Waals surface area (Å²) in [4.78, 5) is 11.0. The predicted octanol–water partition coefficient (Wildman–Crippen LogP) is 0.607. The molecule has 0 amide bonds. The van der Waals surface area contributed by atoms with Crippen molar-refractivity contribution in [2.45, 2.75) is 6.04 Å². The number of carbonyl (C=O) groups is 1. The number of carbonyl (C=O) groups excluding carboxylic acids is 1. The average molecular weight is 271 g/mol. The number of esters is 1. The fraction of sp³-hybridized carbons (Fsp3) is 0.222. The molecule has 3 N–H and O–H groups in total. The summed E-state index contributed by atoms with van der Waals surface area (Å²) in [7, 11) is 0. The molecule has 0 bridgehead atoms. The molecule has 1 aromatic carbocycles. The maximum atomic E-state index is 13.0. The molecule has 4 nitrogen and oxygen atoms in total. The lowest BCUT2D eigenvalue weighted by atomic mass is 10.2. The summed E-state index contributed by atoms with van der Waals surface area (Å²) >= 11 is 0. The third-order valence-corrected chi connectivity index (χ3v) is 1.87. The van der Waals surface area contributed by atoms with E-state index in [9.17, 15) is 26.7 Å². The van der Waals surface area contributed by atoms with Crippen LogP contribution in [0.4, 0.5) is 22.0 Å². The molecule has 0 spiro atoms. The van der Waals surface area contributed by atoms with E-state index in [1.54, 1.807) is 0 Å². The summed E-state index contributed by atoms with van der Waals surface area (Å²) in [5.74, 6) is -14.8. The van der Waals surface area contributed by atoms with Crippen molar-refractivity contribution in [1.82, 2.24) is 0 Å². The molecule has 0 heterocycles. The maximum Gasteiger partial charge on any atom is 0.330 e. The van der Waals surface area contributed by atoms with Gasteiger partial charge in [-0.1, -0.05) is 0 Å². The van der Waals surface area contributed by atoms with E-state index in [1.807, 2.05) is 0 Å². The number of ether oxygens (including phenoxy) is 1. The second kappa shape index (κ2) is 5.27. The molecule has 0 aliphatic heterocycles. The Balaban J connectivity index is 3.22. The Hall–Kier alpha value is -1.74. The molecule has 0 fully saturated rings. The highest BCUT2D eigenvalue weighted by Gasteiger charge is 2.29. The first kappa shape index (κ1) is 14.3. The maximum absolute atomic E-state index is 13.0. The summed E-state index contributed by atoms with van der Waals surface area (Å²) in [5.41, 5.74) is 4.94. The average Bonchev–Trinajstić information content (AvgIpc) is 2.37. The summed E-state index contributed by atoms with van der Waals surface area (Å²) in [6.45, 7) is -0.922. The topological polar surface area (TPSA) is 72.5 Å². The van der Waals surface area contributed by atoms with Crippen LogP contribution >= 0.6 is 0 Å². The molecule has 0 saturated carbocycles. The lowest BCUT2D eigenvalue weighted by Crippen LogP contribution is -2.37. The minimum atomic E-state index is -2.38. The molecule has 0 radical (unpaired) electrons. The molecule has 9 heteroatoms. The summed E-state index contributed by atoms with van der Waals surface area (Å²) in [5, 5.41) is 8.45. The van der Waals surface area contributed by atoms with Crippen molar-refractivity contribution in [2.75, 3.05) is 6.61 Å². The number of hydrogen-bond acceptors (Lipinski definition) is 4. The van der Waals surface area contributed by atoms with Gasteiger partial charge in [-0.3, -0.25) is 0 Å². The molecule has 100 valence electrons. The van der Waals surface area contributed by atoms with Gasteiger partial charge in [0.25, 0.3) is 0 Å². The van der Waals surface area contributed by atoms with Crippen LogP contribution in [0, 0.1) is 29.1 Å². The Bertz CT molecular complexity index is 465. The first-order valence-corrected chi connectivity index (χ1v) is 4.40. The van der Waals surface area contributed by atoms with Gasteiger partial charge in [-0.05, 0) is 0 Å². The normalized spacial score (nSPS) is 12.4. The summed E-state index contributed by atoms with van der Waals surface area (Å²) < 4.78 is 68.0. The molecule has 0 aliphatic carbocycles.